The zero-order chi connectivity index (χ0) is 32.4. The predicted octanol–water partition coefficient (Wildman–Crippen LogP) is 7.43. The van der Waals surface area contributed by atoms with Gasteiger partial charge in [-0.25, -0.2) is 0 Å². The molecule has 3 aliphatic carbocycles. The van der Waals surface area contributed by atoms with E-state index >= 15 is 0 Å². The quantitative estimate of drug-likeness (QED) is 0.223. The lowest BCUT2D eigenvalue weighted by Crippen LogP contribution is -2.65. The zero-order valence-electron chi connectivity index (χ0n) is 27.5. The highest BCUT2D eigenvalue weighted by molar-refractivity contribution is 6.48. The van der Waals surface area contributed by atoms with Gasteiger partial charge in [0.25, 0.3) is 0 Å². The molecular weight excluding hydrogens is 608 g/mol. The molecule has 2 N–H and O–H groups in total. The van der Waals surface area contributed by atoms with Gasteiger partial charge in [-0.2, -0.15) is 0 Å². The van der Waals surface area contributed by atoms with Crippen LogP contribution in [-0.2, 0) is 25.4 Å². The van der Waals surface area contributed by atoms with Crippen LogP contribution in [0.5, 0.6) is 0 Å². The number of nitrogens with one attached hydrogen (secondary N) is 2. The van der Waals surface area contributed by atoms with Gasteiger partial charge in [-0.05, 0) is 98.1 Å². The van der Waals surface area contributed by atoms with E-state index in [1.165, 1.54) is 6.42 Å². The van der Waals surface area contributed by atoms with Gasteiger partial charge in [-0.15, -0.1) is 0 Å². The van der Waals surface area contributed by atoms with Gasteiger partial charge in [0.2, 0.25) is 11.8 Å². The lowest BCUT2D eigenvalue weighted by Gasteiger charge is -2.64. The van der Waals surface area contributed by atoms with Crippen LogP contribution >= 0.6 is 23.2 Å². The van der Waals surface area contributed by atoms with E-state index in [4.69, 9.17) is 32.5 Å². The van der Waals surface area contributed by atoms with E-state index in [1.54, 1.807) is 0 Å². The average Bonchev–Trinajstić information content (AvgIpc) is 3.45. The largest absolute Gasteiger partial charge is 0.481 e. The van der Waals surface area contributed by atoms with Crippen LogP contribution < -0.4 is 10.6 Å². The minimum atomic E-state index is -0.699. The third kappa shape index (κ3) is 6.01. The summed E-state index contributed by atoms with van der Waals surface area (Å²) in [6.45, 7) is 15.3. The second-order valence-electron chi connectivity index (χ2n) is 15.2. The predicted molar refractivity (Wildman–Crippen MR) is 182 cm³/mol. The third-order valence-corrected chi connectivity index (χ3v) is 11.3. The monoisotopic (exact) mass is 653 g/mol. The lowest BCUT2D eigenvalue weighted by molar-refractivity contribution is -0.199. The average molecular weight is 654 g/mol. The van der Waals surface area contributed by atoms with E-state index in [1.807, 2.05) is 41.0 Å². The number of benzene rings is 2. The third-order valence-electron chi connectivity index (χ3n) is 10.8. The van der Waals surface area contributed by atoms with E-state index in [0.29, 0.717) is 40.6 Å². The van der Waals surface area contributed by atoms with Crippen LogP contribution in [0.4, 0.5) is 0 Å². The van der Waals surface area contributed by atoms with Crippen LogP contribution in [0.3, 0.4) is 0 Å². The first kappa shape index (κ1) is 32.7. The SMILES string of the molecule is CC(C)C[C@H](NC(=O)[C@H](CC(C)C)NC(=O)Cn1c2ccc(Cl)cc2c2cc(Cl)ccc21)B1O[C@@H]2C[C@@H]3C[C@@H](C3(C)C)[C@]2(C)O1. The highest BCUT2D eigenvalue weighted by Gasteiger charge is 2.68. The van der Waals surface area contributed by atoms with Crippen molar-refractivity contribution < 1.29 is 18.9 Å². The van der Waals surface area contributed by atoms with Crippen LogP contribution in [0, 0.1) is 29.1 Å². The molecule has 2 heterocycles. The highest BCUT2D eigenvalue weighted by Crippen LogP contribution is 2.65. The van der Waals surface area contributed by atoms with Gasteiger partial charge >= 0.3 is 7.12 Å². The lowest BCUT2D eigenvalue weighted by atomic mass is 9.43. The van der Waals surface area contributed by atoms with E-state index in [0.717, 1.165) is 28.2 Å². The Balaban J connectivity index is 1.20. The van der Waals surface area contributed by atoms with Crippen LogP contribution in [0.15, 0.2) is 36.4 Å². The molecule has 3 aromatic rings. The summed E-state index contributed by atoms with van der Waals surface area (Å²) in [7, 11) is -0.520. The summed E-state index contributed by atoms with van der Waals surface area (Å²) in [5.41, 5.74) is 1.63. The van der Waals surface area contributed by atoms with Crippen molar-refractivity contribution >= 4 is 63.9 Å². The fraction of sp³-hybridized carbons (Fsp3) is 0.600. The van der Waals surface area contributed by atoms with Crippen LogP contribution in [0.2, 0.25) is 10.0 Å². The van der Waals surface area contributed by atoms with Gasteiger partial charge in [-0.1, -0.05) is 64.7 Å². The Bertz CT molecular complexity index is 1560. The van der Waals surface area contributed by atoms with Crippen molar-refractivity contribution in [3.8, 4) is 0 Å². The number of amides is 2. The molecule has 242 valence electrons. The Hall–Kier alpha value is -2.26. The van der Waals surface area contributed by atoms with Crippen molar-refractivity contribution in [1.29, 1.82) is 0 Å². The van der Waals surface area contributed by atoms with Gasteiger partial charge in [0, 0.05) is 31.9 Å². The van der Waals surface area contributed by atoms with Crippen LogP contribution in [0.25, 0.3) is 21.8 Å². The molecule has 6 atom stereocenters. The first-order chi connectivity index (χ1) is 21.2. The molecule has 7 rings (SSSR count). The molecule has 10 heteroatoms. The van der Waals surface area contributed by atoms with Crippen molar-refractivity contribution in [2.45, 2.75) is 104 Å². The fourth-order valence-electron chi connectivity index (χ4n) is 8.41. The highest BCUT2D eigenvalue weighted by atomic mass is 35.5. The molecule has 0 unspecified atom stereocenters. The fourth-order valence-corrected chi connectivity index (χ4v) is 8.75. The molecule has 1 aromatic heterocycles. The summed E-state index contributed by atoms with van der Waals surface area (Å²) in [6, 6.07) is 10.5. The molecule has 2 amide bonds. The summed E-state index contributed by atoms with van der Waals surface area (Å²) in [4.78, 5) is 27.6. The Morgan fingerprint density at radius 1 is 0.933 bits per heavy atom. The Kier molecular flexibility index (Phi) is 8.77. The Morgan fingerprint density at radius 3 is 2.09 bits per heavy atom. The molecule has 7 nitrogen and oxygen atoms in total. The maximum Gasteiger partial charge on any atom is 0.481 e. The molecular formula is C35H46BCl2N3O4. The zero-order valence-corrected chi connectivity index (χ0v) is 29.0. The number of hydrogen-bond donors (Lipinski definition) is 2. The molecule has 3 saturated carbocycles. The summed E-state index contributed by atoms with van der Waals surface area (Å²) < 4.78 is 15.3. The smallest absolute Gasteiger partial charge is 0.404 e. The van der Waals surface area contributed by atoms with Crippen molar-refractivity contribution in [3.63, 3.8) is 0 Å². The van der Waals surface area contributed by atoms with E-state index in [9.17, 15) is 9.59 Å². The molecule has 4 aliphatic rings. The molecule has 1 aliphatic heterocycles. The first-order valence-corrected chi connectivity index (χ1v) is 17.2. The molecule has 1 saturated heterocycles. The number of aromatic nitrogens is 1. The number of carbonyl (C=O) groups is 2. The number of hydrogen-bond acceptors (Lipinski definition) is 4. The van der Waals surface area contributed by atoms with E-state index < -0.39 is 13.2 Å². The summed E-state index contributed by atoms with van der Waals surface area (Å²) >= 11 is 12.7. The second-order valence-corrected chi connectivity index (χ2v) is 16.1. The summed E-state index contributed by atoms with van der Waals surface area (Å²) in [5.74, 6) is 0.827. The number of rotatable bonds is 10. The Labute approximate surface area is 277 Å². The van der Waals surface area contributed by atoms with Gasteiger partial charge < -0.3 is 24.5 Å². The second kappa shape index (κ2) is 12.1. The van der Waals surface area contributed by atoms with E-state index in [2.05, 4.69) is 59.1 Å². The normalized spacial score (nSPS) is 26.6. The minimum Gasteiger partial charge on any atom is -0.404 e. The summed E-state index contributed by atoms with van der Waals surface area (Å²) in [6.07, 6.45) is 3.42. The minimum absolute atomic E-state index is 0.0352. The number of halogens is 2. The van der Waals surface area contributed by atoms with Crippen molar-refractivity contribution in [1.82, 2.24) is 15.2 Å². The van der Waals surface area contributed by atoms with Gasteiger partial charge in [0.1, 0.15) is 12.6 Å². The standard InChI is InChI=1S/C35H46BCl2N3O4/c1-19(2)12-26(39-32(42)18-41-27-10-8-22(37)16-24(27)25-17-23(38)9-11-28(25)41)33(43)40-31(13-20(3)4)36-44-30-15-21-14-29(34(21,5)6)35(30,7)45-36/h8-11,16-17,19-21,26,29-31H,12-15,18H2,1-7H3,(H,39,42)(H,40,43)/t21-,26-,29-,30+,31-,35-/m0/s1. The van der Waals surface area contributed by atoms with Crippen LogP contribution in [-0.4, -0.2) is 47.2 Å². The molecule has 45 heavy (non-hydrogen) atoms. The molecule has 2 aromatic carbocycles. The maximum atomic E-state index is 14.0. The van der Waals surface area contributed by atoms with Crippen molar-refractivity contribution in [2.75, 3.05) is 0 Å². The van der Waals surface area contributed by atoms with Gasteiger partial charge in [-0.3, -0.25) is 9.59 Å². The van der Waals surface area contributed by atoms with Gasteiger partial charge in [0.15, 0.2) is 0 Å². The number of nitrogens with zero attached hydrogens (tertiary/aromatic N) is 1. The Morgan fingerprint density at radius 2 is 1.53 bits per heavy atom. The number of carbonyl (C=O) groups excluding carboxylic acids is 2. The van der Waals surface area contributed by atoms with Crippen LogP contribution in [0.1, 0.15) is 74.1 Å². The molecule has 0 radical (unpaired) electrons. The van der Waals surface area contributed by atoms with Gasteiger partial charge in [0.05, 0.1) is 17.6 Å². The van der Waals surface area contributed by atoms with Crippen molar-refractivity contribution in [3.05, 3.63) is 46.4 Å². The van der Waals surface area contributed by atoms with E-state index in [-0.39, 0.29) is 47.3 Å². The first-order valence-electron chi connectivity index (χ1n) is 16.5. The summed E-state index contributed by atoms with van der Waals surface area (Å²) in [5, 5.41) is 9.40. The topological polar surface area (TPSA) is 81.6 Å². The molecule has 2 bridgehead atoms. The van der Waals surface area contributed by atoms with Crippen molar-refractivity contribution in [2.24, 2.45) is 29.1 Å². The number of fused-ring (bicyclic) bond motifs is 3. The maximum absolute atomic E-state index is 14.0. The molecule has 4 fully saturated rings. The molecule has 0 spiro atoms.